The Labute approximate surface area is 418 Å². The summed E-state index contributed by atoms with van der Waals surface area (Å²) in [6.45, 7) is 13.8. The van der Waals surface area contributed by atoms with Crippen LogP contribution in [0, 0.1) is 29.6 Å². The Kier molecular flexibility index (Phi) is 16.7. The number of benzene rings is 4. The van der Waals surface area contributed by atoms with Crippen molar-refractivity contribution in [2.45, 2.75) is 148 Å². The van der Waals surface area contributed by atoms with Crippen molar-refractivity contribution < 1.29 is 23.9 Å². The molecule has 0 aliphatic heterocycles. The fourth-order valence-electron chi connectivity index (χ4n) is 12.7. The van der Waals surface area contributed by atoms with Crippen molar-refractivity contribution in [3.05, 3.63) is 159 Å². The second-order valence-corrected chi connectivity index (χ2v) is 21.8. The summed E-state index contributed by atoms with van der Waals surface area (Å²) in [4.78, 5) is 40.9. The standard InChI is InChI=1S/C54H61NO3.C9H17NO2/c1-34(2)49(33-52(56)58-3)54(57)48-15-9-14-47(48)51-32-44-30-41(24-27-50(44)55-51)46-26-25-45(40-23-22-39-28-42(31-43(39)29-40)37-12-7-8-13-37)53(46)38-20-18-36(19-21-38)17-16-35-10-5-4-6-11-35;1-6(2)8(7(3)4)10-9(11)12-5/h4-6,10-11,18-24,27,29-32,34,37,45-49,53,55H,7-9,12-17,25-26,28,33H2,1-3H3;7-8H,1H2,2-5H3,(H,10,11)/t45-,46-,47-,48?,49+,53?;8-/m11/s1. The van der Waals surface area contributed by atoms with E-state index in [1.807, 2.05) is 20.8 Å². The van der Waals surface area contributed by atoms with Crippen LogP contribution in [0.25, 0.3) is 17.0 Å². The van der Waals surface area contributed by atoms with Gasteiger partial charge in [-0.25, -0.2) is 4.79 Å². The number of rotatable bonds is 16. The third kappa shape index (κ3) is 11.7. The quantitative estimate of drug-likeness (QED) is 0.0759. The minimum Gasteiger partial charge on any atom is -0.469 e. The maximum Gasteiger partial charge on any atom is 0.407 e. The number of H-pyrrole nitrogens is 1. The van der Waals surface area contributed by atoms with Gasteiger partial charge in [0.25, 0.3) is 0 Å². The van der Waals surface area contributed by atoms with Crippen LogP contribution in [0.2, 0.25) is 0 Å². The van der Waals surface area contributed by atoms with E-state index < -0.39 is 6.09 Å². The SMILES string of the molecule is C=C(C)[C@@H](NC(=O)OC)C(C)C.COC(=O)C[C@H](C(=O)C1CCC[C@H]1c1cc2cc([C@H]3CC[C@H](c4ccc5c(c4)C=C(C4CCCC4)C5)C3c3ccc(CCc4ccccc4)cc3)ccc2[nH]1)C(C)C. The first-order valence-electron chi connectivity index (χ1n) is 26.5. The molecule has 70 heavy (non-hydrogen) atoms. The van der Waals surface area contributed by atoms with Crippen LogP contribution in [0.4, 0.5) is 4.79 Å². The largest absolute Gasteiger partial charge is 0.469 e. The Balaban J connectivity index is 0.000000487. The maximum atomic E-state index is 14.0. The molecule has 0 bridgehead atoms. The van der Waals surface area contributed by atoms with Gasteiger partial charge >= 0.3 is 12.1 Å². The first-order chi connectivity index (χ1) is 33.8. The molecule has 1 aromatic heterocycles. The average Bonchev–Trinajstić information content (AvgIpc) is 4.23. The monoisotopic (exact) mass is 943 g/mol. The van der Waals surface area contributed by atoms with E-state index in [9.17, 15) is 14.4 Å². The molecule has 1 amide bonds. The fourth-order valence-corrected chi connectivity index (χ4v) is 12.7. The summed E-state index contributed by atoms with van der Waals surface area (Å²) in [5.74, 6) is 2.15. The van der Waals surface area contributed by atoms with E-state index in [1.165, 1.54) is 96.3 Å². The summed E-state index contributed by atoms with van der Waals surface area (Å²) in [7, 11) is 2.76. The van der Waals surface area contributed by atoms with E-state index in [-0.39, 0.29) is 47.9 Å². The minimum absolute atomic E-state index is 0.00236. The molecule has 4 aromatic carbocycles. The Morgan fingerprint density at radius 1 is 0.700 bits per heavy atom. The molecule has 7 atom stereocenters. The van der Waals surface area contributed by atoms with Crippen molar-refractivity contribution in [1.82, 2.24) is 10.3 Å². The number of alkyl carbamates (subject to hydrolysis) is 1. The highest BCUT2D eigenvalue weighted by Gasteiger charge is 2.41. The summed E-state index contributed by atoms with van der Waals surface area (Å²) >= 11 is 0. The molecule has 0 saturated heterocycles. The lowest BCUT2D eigenvalue weighted by molar-refractivity contribution is -0.145. The smallest absolute Gasteiger partial charge is 0.407 e. The number of carbonyl (C=O) groups excluding carboxylic acids is 3. The lowest BCUT2D eigenvalue weighted by atomic mass is 9.76. The number of ketones is 1. The number of Topliss-reactive ketones (excluding diaryl/α,β-unsaturated/α-hetero) is 1. The van der Waals surface area contributed by atoms with Gasteiger partial charge in [0, 0.05) is 29.0 Å². The number of aromatic amines is 1. The van der Waals surface area contributed by atoms with Gasteiger partial charge in [-0.05, 0) is 163 Å². The van der Waals surface area contributed by atoms with E-state index >= 15 is 0 Å². The number of hydrogen-bond donors (Lipinski definition) is 2. The Morgan fingerprint density at radius 3 is 2.00 bits per heavy atom. The molecule has 7 heteroatoms. The number of methoxy groups -OCH3 is 2. The van der Waals surface area contributed by atoms with Crippen molar-refractivity contribution in [1.29, 1.82) is 0 Å². The molecule has 5 aromatic rings. The van der Waals surface area contributed by atoms with E-state index in [1.54, 1.807) is 5.57 Å². The van der Waals surface area contributed by atoms with E-state index in [0.29, 0.717) is 23.7 Å². The molecule has 0 radical (unpaired) electrons. The molecule has 4 aliphatic rings. The summed E-state index contributed by atoms with van der Waals surface area (Å²) in [5, 5.41) is 3.94. The van der Waals surface area contributed by atoms with Gasteiger partial charge < -0.3 is 19.8 Å². The highest BCUT2D eigenvalue weighted by molar-refractivity contribution is 5.89. The van der Waals surface area contributed by atoms with Gasteiger partial charge in [0.2, 0.25) is 0 Å². The van der Waals surface area contributed by atoms with Crippen LogP contribution >= 0.6 is 0 Å². The Morgan fingerprint density at radius 2 is 1.36 bits per heavy atom. The first kappa shape index (κ1) is 50.7. The van der Waals surface area contributed by atoms with Gasteiger partial charge in [0.1, 0.15) is 5.78 Å². The number of fused-ring (bicyclic) bond motifs is 2. The fraction of sp³-hybridized carbons (Fsp3) is 0.476. The van der Waals surface area contributed by atoms with E-state index in [4.69, 9.17) is 4.74 Å². The number of hydrogen-bond acceptors (Lipinski definition) is 5. The molecule has 7 nitrogen and oxygen atoms in total. The number of ether oxygens (including phenoxy) is 2. The third-order valence-corrected chi connectivity index (χ3v) is 16.6. The second-order valence-electron chi connectivity index (χ2n) is 21.8. The van der Waals surface area contributed by atoms with E-state index in [0.717, 1.165) is 62.0 Å². The molecule has 2 unspecified atom stereocenters. The number of amides is 1. The van der Waals surface area contributed by atoms with Crippen LogP contribution in [0.15, 0.2) is 115 Å². The predicted octanol–water partition coefficient (Wildman–Crippen LogP) is 14.8. The van der Waals surface area contributed by atoms with Crippen LogP contribution in [-0.2, 0) is 38.3 Å². The second kappa shape index (κ2) is 23.0. The summed E-state index contributed by atoms with van der Waals surface area (Å²) in [6.07, 6.45) is 16.3. The first-order valence-corrected chi connectivity index (χ1v) is 26.5. The van der Waals surface area contributed by atoms with Crippen LogP contribution in [0.5, 0.6) is 0 Å². The van der Waals surface area contributed by atoms with Gasteiger partial charge in [0.15, 0.2) is 0 Å². The van der Waals surface area contributed by atoms with Crippen LogP contribution in [0.1, 0.15) is 167 Å². The maximum absolute atomic E-state index is 14.0. The molecule has 0 spiro atoms. The third-order valence-electron chi connectivity index (χ3n) is 16.6. The number of esters is 1. The van der Waals surface area contributed by atoms with Gasteiger partial charge in [0.05, 0.1) is 26.7 Å². The Hall–Kier alpha value is -5.69. The highest BCUT2D eigenvalue weighted by atomic mass is 16.5. The number of allylic oxidation sites excluding steroid dienone is 1. The Bertz CT molecular complexity index is 2630. The van der Waals surface area contributed by atoms with Crippen molar-refractivity contribution in [2.75, 3.05) is 14.2 Å². The van der Waals surface area contributed by atoms with Crippen LogP contribution in [0.3, 0.4) is 0 Å². The van der Waals surface area contributed by atoms with Crippen LogP contribution < -0.4 is 5.32 Å². The molecule has 9 rings (SSSR count). The van der Waals surface area contributed by atoms with Crippen molar-refractivity contribution in [2.24, 2.45) is 29.6 Å². The average molecular weight is 943 g/mol. The zero-order valence-corrected chi connectivity index (χ0v) is 43.0. The minimum atomic E-state index is -0.406. The summed E-state index contributed by atoms with van der Waals surface area (Å²) < 4.78 is 9.47. The summed E-state index contributed by atoms with van der Waals surface area (Å²) in [6, 6.07) is 37.4. The molecule has 370 valence electrons. The normalized spacial score (nSPS) is 21.8. The number of aromatic nitrogens is 1. The lowest BCUT2D eigenvalue weighted by Gasteiger charge is -2.27. The molecular weight excluding hydrogens is 865 g/mol. The predicted molar refractivity (Wildman–Crippen MR) is 285 cm³/mol. The number of carbonyl (C=O) groups is 3. The molecular formula is C63H78N2O5. The van der Waals surface area contributed by atoms with Crippen molar-refractivity contribution in [3.63, 3.8) is 0 Å². The van der Waals surface area contributed by atoms with Gasteiger partial charge in [-0.15, -0.1) is 0 Å². The zero-order chi connectivity index (χ0) is 49.5. The molecule has 2 N–H and O–H groups in total. The zero-order valence-electron chi connectivity index (χ0n) is 43.0. The molecule has 1 heterocycles. The lowest BCUT2D eigenvalue weighted by Crippen LogP contribution is -2.39. The molecule has 4 aliphatic carbocycles. The van der Waals surface area contributed by atoms with Gasteiger partial charge in [-0.2, -0.15) is 0 Å². The van der Waals surface area contributed by atoms with Gasteiger partial charge in [-0.3, -0.25) is 9.59 Å². The molecule has 3 fully saturated rings. The number of nitrogens with one attached hydrogen (secondary N) is 2. The van der Waals surface area contributed by atoms with E-state index in [2.05, 4.69) is 139 Å². The van der Waals surface area contributed by atoms with Crippen molar-refractivity contribution in [3.8, 4) is 0 Å². The highest BCUT2D eigenvalue weighted by Crippen LogP contribution is 2.55. The summed E-state index contributed by atoms with van der Waals surface area (Å²) in [5.41, 5.74) is 15.1. The number of aryl methyl sites for hydroxylation is 2. The van der Waals surface area contributed by atoms with Gasteiger partial charge in [-0.1, -0.05) is 150 Å². The topological polar surface area (TPSA) is 97.5 Å². The van der Waals surface area contributed by atoms with Crippen molar-refractivity contribution >= 4 is 34.8 Å². The molecule has 3 saturated carbocycles. The van der Waals surface area contributed by atoms with Crippen LogP contribution in [-0.4, -0.2) is 43.1 Å².